The lowest BCUT2D eigenvalue weighted by molar-refractivity contribution is -0.0365. The normalized spacial score (nSPS) is 25.9. The zero-order chi connectivity index (χ0) is 8.48. The van der Waals surface area contributed by atoms with Crippen LogP contribution in [0, 0.1) is 5.41 Å². The molecule has 0 aromatic rings. The fourth-order valence-corrected chi connectivity index (χ4v) is 1.73. The van der Waals surface area contributed by atoms with Gasteiger partial charge in [0, 0.05) is 27.2 Å². The number of hydrogen-bond donors (Lipinski definition) is 0. The Morgan fingerprint density at radius 3 is 2.27 bits per heavy atom. The van der Waals surface area contributed by atoms with E-state index < -0.39 is 0 Å². The predicted octanol–water partition coefficient (Wildman–Crippen LogP) is 1.58. The van der Waals surface area contributed by atoms with E-state index in [1.165, 1.54) is 25.9 Å². The van der Waals surface area contributed by atoms with Crippen LogP contribution in [0.1, 0.15) is 26.7 Å². The van der Waals surface area contributed by atoms with Gasteiger partial charge in [0.05, 0.1) is 0 Å². The van der Waals surface area contributed by atoms with E-state index in [9.17, 15) is 0 Å². The van der Waals surface area contributed by atoms with Gasteiger partial charge in [-0.1, -0.05) is 13.8 Å². The predicted molar refractivity (Wildman–Crippen MR) is 48.3 cm³/mol. The minimum absolute atomic E-state index is 0.516. The van der Waals surface area contributed by atoms with Gasteiger partial charge in [0.25, 0.3) is 0 Å². The van der Waals surface area contributed by atoms with Crippen molar-refractivity contribution in [3.63, 3.8) is 0 Å². The summed E-state index contributed by atoms with van der Waals surface area (Å²) >= 11 is 0. The van der Waals surface area contributed by atoms with Gasteiger partial charge in [-0.15, -0.1) is 0 Å². The fourth-order valence-electron chi connectivity index (χ4n) is 1.73. The summed E-state index contributed by atoms with van der Waals surface area (Å²) in [4.78, 5) is 0. The van der Waals surface area contributed by atoms with E-state index in [4.69, 9.17) is 0 Å². The Hall–Kier alpha value is -0.0800. The Bertz CT molecular complexity index is 130. The highest BCUT2D eigenvalue weighted by molar-refractivity contribution is 4.77. The van der Waals surface area contributed by atoms with Crippen molar-refractivity contribution < 1.29 is 0 Å². The van der Waals surface area contributed by atoms with Gasteiger partial charge in [0.15, 0.2) is 0 Å². The second-order valence-corrected chi connectivity index (χ2v) is 4.50. The lowest BCUT2D eigenvalue weighted by atomic mass is 9.85. The van der Waals surface area contributed by atoms with Crippen LogP contribution in [0.5, 0.6) is 0 Å². The molecule has 1 fully saturated rings. The largest absolute Gasteiger partial charge is 0.248 e. The molecule has 0 unspecified atom stereocenters. The minimum atomic E-state index is 0.516. The molecule has 0 N–H and O–H groups in total. The highest BCUT2D eigenvalue weighted by Crippen LogP contribution is 2.28. The van der Waals surface area contributed by atoms with Gasteiger partial charge < -0.3 is 0 Å². The molecule has 0 saturated carbocycles. The Balaban J connectivity index is 2.46. The first-order valence-electron chi connectivity index (χ1n) is 4.43. The summed E-state index contributed by atoms with van der Waals surface area (Å²) in [6.45, 7) is 7.14. The zero-order valence-electron chi connectivity index (χ0n) is 8.22. The second-order valence-electron chi connectivity index (χ2n) is 4.50. The minimum Gasteiger partial charge on any atom is -0.248 e. The molecule has 1 aliphatic heterocycles. The summed E-state index contributed by atoms with van der Waals surface area (Å²) in [5, 5.41) is 4.63. The molecule has 1 aliphatic rings. The van der Waals surface area contributed by atoms with E-state index in [1.807, 2.05) is 0 Å². The van der Waals surface area contributed by atoms with Crippen molar-refractivity contribution >= 4 is 0 Å². The third kappa shape index (κ3) is 2.46. The van der Waals surface area contributed by atoms with Gasteiger partial charge in [-0.05, 0) is 18.3 Å². The van der Waals surface area contributed by atoms with Crippen molar-refractivity contribution in [1.29, 1.82) is 0 Å². The lowest BCUT2D eigenvalue weighted by Gasteiger charge is -2.41. The zero-order valence-corrected chi connectivity index (χ0v) is 8.22. The van der Waals surface area contributed by atoms with E-state index >= 15 is 0 Å². The fraction of sp³-hybridized carbons (Fsp3) is 1.00. The first kappa shape index (κ1) is 9.01. The molecule has 0 aromatic carbocycles. The number of rotatable bonds is 1. The molecule has 1 heterocycles. The Kier molecular flexibility index (Phi) is 2.55. The highest BCUT2D eigenvalue weighted by Gasteiger charge is 2.26. The van der Waals surface area contributed by atoms with E-state index in [-0.39, 0.29) is 0 Å². The molecule has 0 radical (unpaired) electrons. The molecule has 11 heavy (non-hydrogen) atoms. The Morgan fingerprint density at radius 2 is 1.91 bits per heavy atom. The summed E-state index contributed by atoms with van der Waals surface area (Å²) in [6.07, 6.45) is 2.71. The van der Waals surface area contributed by atoms with E-state index in [0.29, 0.717) is 5.41 Å². The highest BCUT2D eigenvalue weighted by atomic mass is 15.6. The number of hydrogen-bond acceptors (Lipinski definition) is 2. The molecule has 0 spiro atoms. The van der Waals surface area contributed by atoms with Crippen LogP contribution in [0.2, 0.25) is 0 Å². The molecule has 0 bridgehead atoms. The first-order chi connectivity index (χ1) is 5.01. The molecular weight excluding hydrogens is 136 g/mol. The van der Waals surface area contributed by atoms with Crippen LogP contribution in [0.25, 0.3) is 0 Å². The molecule has 0 amide bonds. The van der Waals surface area contributed by atoms with Crippen LogP contribution in [0.15, 0.2) is 0 Å². The summed E-state index contributed by atoms with van der Waals surface area (Å²) in [6, 6.07) is 0. The Morgan fingerprint density at radius 1 is 1.27 bits per heavy atom. The molecular formula is C9H20N2. The van der Waals surface area contributed by atoms with E-state index in [1.54, 1.807) is 0 Å². The third-order valence-corrected chi connectivity index (χ3v) is 2.45. The van der Waals surface area contributed by atoms with Crippen molar-refractivity contribution in [2.45, 2.75) is 26.7 Å². The van der Waals surface area contributed by atoms with Crippen molar-refractivity contribution in [1.82, 2.24) is 10.0 Å². The third-order valence-electron chi connectivity index (χ3n) is 2.45. The molecule has 2 nitrogen and oxygen atoms in total. The number of nitrogens with zero attached hydrogens (tertiary/aromatic N) is 2. The maximum Gasteiger partial charge on any atom is 0.0184 e. The van der Waals surface area contributed by atoms with E-state index in [0.717, 1.165) is 0 Å². The summed E-state index contributed by atoms with van der Waals surface area (Å²) in [5.74, 6) is 0. The standard InChI is InChI=1S/C9H20N2/c1-9(2)6-5-7-11(8-9)10(3)4/h5-8H2,1-4H3. The van der Waals surface area contributed by atoms with Gasteiger partial charge in [0.2, 0.25) is 0 Å². The average Bonchev–Trinajstić information content (AvgIpc) is 1.85. The first-order valence-corrected chi connectivity index (χ1v) is 4.43. The number of hydrazine groups is 1. The van der Waals surface area contributed by atoms with E-state index in [2.05, 4.69) is 38.0 Å². The maximum atomic E-state index is 2.42. The SMILES string of the molecule is CN(C)N1CCCC(C)(C)C1. The van der Waals surface area contributed by atoms with Crippen molar-refractivity contribution in [2.24, 2.45) is 5.41 Å². The van der Waals surface area contributed by atoms with Crippen LogP contribution < -0.4 is 0 Å². The van der Waals surface area contributed by atoms with Crippen molar-refractivity contribution in [3.05, 3.63) is 0 Å². The molecule has 0 aliphatic carbocycles. The summed E-state index contributed by atoms with van der Waals surface area (Å²) in [5.41, 5.74) is 0.516. The molecule has 0 atom stereocenters. The average molecular weight is 156 g/mol. The van der Waals surface area contributed by atoms with Crippen LogP contribution >= 0.6 is 0 Å². The monoisotopic (exact) mass is 156 g/mol. The smallest absolute Gasteiger partial charge is 0.0184 e. The van der Waals surface area contributed by atoms with Gasteiger partial charge in [-0.2, -0.15) is 0 Å². The summed E-state index contributed by atoms with van der Waals surface area (Å²) in [7, 11) is 4.25. The van der Waals surface area contributed by atoms with Crippen LogP contribution in [-0.4, -0.2) is 37.2 Å². The topological polar surface area (TPSA) is 6.48 Å². The van der Waals surface area contributed by atoms with Crippen LogP contribution in [-0.2, 0) is 0 Å². The second kappa shape index (κ2) is 3.11. The summed E-state index contributed by atoms with van der Waals surface area (Å²) < 4.78 is 0. The Labute approximate surface area is 70.1 Å². The molecule has 1 rings (SSSR count). The number of piperidine rings is 1. The lowest BCUT2D eigenvalue weighted by Crippen LogP contribution is -2.47. The van der Waals surface area contributed by atoms with Crippen molar-refractivity contribution in [2.75, 3.05) is 27.2 Å². The van der Waals surface area contributed by atoms with Gasteiger partial charge in [-0.25, -0.2) is 10.0 Å². The molecule has 1 saturated heterocycles. The molecule has 0 aromatic heterocycles. The van der Waals surface area contributed by atoms with Gasteiger partial charge >= 0.3 is 0 Å². The van der Waals surface area contributed by atoms with Gasteiger partial charge in [0.1, 0.15) is 0 Å². The van der Waals surface area contributed by atoms with Crippen LogP contribution in [0.4, 0.5) is 0 Å². The van der Waals surface area contributed by atoms with Gasteiger partial charge in [-0.3, -0.25) is 0 Å². The molecule has 2 heteroatoms. The quantitative estimate of drug-likeness (QED) is 0.569. The van der Waals surface area contributed by atoms with Crippen LogP contribution in [0.3, 0.4) is 0 Å². The van der Waals surface area contributed by atoms with Crippen molar-refractivity contribution in [3.8, 4) is 0 Å². The molecule has 66 valence electrons. The maximum absolute atomic E-state index is 2.42.